The Bertz CT molecular complexity index is 5290. The van der Waals surface area contributed by atoms with Gasteiger partial charge in [0.25, 0.3) is 0 Å². The molecule has 4 aromatic carbocycles. The quantitative estimate of drug-likeness (QED) is 0.0149. The number of nitrogens with one attached hydrogen (secondary N) is 14. The van der Waals surface area contributed by atoms with Crippen LogP contribution in [0.1, 0.15) is 161 Å². The minimum atomic E-state index is -1.99. The highest BCUT2D eigenvalue weighted by atomic mass is 33.1. The average Bonchev–Trinajstić information content (AvgIpc) is 1.17. The fourth-order valence-electron chi connectivity index (χ4n) is 17.0. The number of amides is 14. The SMILES string of the molecule is CC(O)[C@@H]1NC(=O)[C@H](Cc2ccccc2)NC(=O)[C@H](C(C)O)NC(=O)[C@H](CCCCN)NC(=O)[C@H](Cc2c[nH]c3ccccc23)NC(=O)[C@H](Cc2ccccc2)NC(=O)[C@H](Cc2ccccc2)NC(=O)[C@H](CC(N)=O)NC(=O)[C@H](CCCCN)NC(=O)[C@@H](NC(=O)CNC(=O)[C@H](C)N)CSSC[C@@H](C(=O)O)NC(=O)[C@H](CO)NC1=O.CCC(C)(C)C(=O)O[C@H]1C[C@@H](C)C=C2C=C[C@H](C)[C@H](CC[C@@H]3C[C@@H](O)CC(=O)O3)[C@H]21. The van der Waals surface area contributed by atoms with E-state index in [0.717, 1.165) is 61.1 Å². The Morgan fingerprint density at radius 1 is 0.552 bits per heavy atom. The number of aromatic nitrogens is 1. The molecule has 14 amide bonds. The van der Waals surface area contributed by atoms with Gasteiger partial charge in [-0.2, -0.15) is 0 Å². The molecule has 0 spiro atoms. The molecule has 145 heavy (non-hydrogen) atoms. The molecule has 0 bridgehead atoms. The number of ether oxygens (including phenoxy) is 2. The van der Waals surface area contributed by atoms with Crippen molar-refractivity contribution in [1.29, 1.82) is 0 Å². The molecule has 5 aromatic rings. The number of unbranched alkanes of at least 4 members (excludes halogenated alkanes) is 2. The summed E-state index contributed by atoms with van der Waals surface area (Å²) in [5.74, 6) is -17.0. The molecule has 2 fully saturated rings. The second-order valence-electron chi connectivity index (χ2n) is 37.8. The van der Waals surface area contributed by atoms with Gasteiger partial charge >= 0.3 is 17.9 Å². The number of aliphatic hydroxyl groups is 4. The minimum Gasteiger partial charge on any atom is -0.480 e. The summed E-state index contributed by atoms with van der Waals surface area (Å²) in [5.41, 5.74) is 26.4. The van der Waals surface area contributed by atoms with Crippen molar-refractivity contribution in [1.82, 2.24) is 74.1 Å². The summed E-state index contributed by atoms with van der Waals surface area (Å²) in [5, 5.41) is 86.0. The number of esters is 2. The number of allylic oxidation sites excluding steroid dienone is 3. The van der Waals surface area contributed by atoms with Gasteiger partial charge in [0.2, 0.25) is 82.7 Å². The lowest BCUT2D eigenvalue weighted by atomic mass is 9.65. The van der Waals surface area contributed by atoms with Crippen LogP contribution in [0.3, 0.4) is 0 Å². The fourth-order valence-corrected chi connectivity index (χ4v) is 19.3. The highest BCUT2D eigenvalue weighted by molar-refractivity contribution is 8.76. The Balaban J connectivity index is 0.000000723. The highest BCUT2D eigenvalue weighted by Crippen LogP contribution is 2.46. The van der Waals surface area contributed by atoms with Crippen molar-refractivity contribution < 1.29 is 117 Å². The molecule has 2 aliphatic heterocycles. The molecule has 9 rings (SSSR count). The number of nitrogens with two attached hydrogens (primary N) is 4. The molecule has 44 heteroatoms. The fraction of sp³-hybridized carbons (Fsp3) is 0.535. The van der Waals surface area contributed by atoms with Crippen molar-refractivity contribution in [2.45, 2.75) is 274 Å². The number of H-pyrrole nitrogens is 1. The number of carboxylic acids is 1. The largest absolute Gasteiger partial charge is 0.480 e. The van der Waals surface area contributed by atoms with Crippen molar-refractivity contribution in [3.05, 3.63) is 168 Å². The van der Waals surface area contributed by atoms with E-state index in [-0.39, 0.29) is 107 Å². The topological polar surface area (TPSA) is 686 Å². The lowest BCUT2D eigenvalue weighted by Gasteiger charge is -2.44. The van der Waals surface area contributed by atoms with E-state index < -0.39 is 222 Å². The molecular weight excluding hydrogens is 1910 g/mol. The summed E-state index contributed by atoms with van der Waals surface area (Å²) >= 11 is 0. The second kappa shape index (κ2) is 58.5. The number of para-hydroxylation sites is 1. The van der Waals surface area contributed by atoms with Crippen LogP contribution in [0.5, 0.6) is 0 Å². The Morgan fingerprint density at radius 3 is 1.50 bits per heavy atom. The molecule has 0 radical (unpaired) electrons. The molecule has 3 heterocycles. The van der Waals surface area contributed by atoms with E-state index in [2.05, 4.69) is 106 Å². The molecule has 0 saturated carbocycles. The molecule has 1 aromatic heterocycles. The van der Waals surface area contributed by atoms with Gasteiger partial charge in [-0.1, -0.05) is 170 Å². The number of aliphatic hydroxyl groups excluding tert-OH is 4. The van der Waals surface area contributed by atoms with Gasteiger partial charge in [0, 0.05) is 66.6 Å². The lowest BCUT2D eigenvalue weighted by Crippen LogP contribution is -2.63. The van der Waals surface area contributed by atoms with Crippen LogP contribution >= 0.6 is 21.6 Å². The number of hydrogen-bond acceptors (Lipinski definition) is 28. The highest BCUT2D eigenvalue weighted by Gasteiger charge is 2.46. The number of benzene rings is 4. The van der Waals surface area contributed by atoms with E-state index in [4.69, 9.17) is 32.4 Å². The standard InChI is InChI=1S/C76H104N18O19S2.C25H38O5/c1-41(79)64(100)82-37-61(99)83-58-39-114-115-40-59(76(112)113)92-72(108)57(38-95)91-75(111)63(43(3)97)94-71(107)54(33-46-23-11-6-12-24-46)90-74(110)62(42(2)96)93-66(102)51(28-16-18-30-78)84-69(105)55(34-47-36-81-49-26-14-13-25-48(47)49)88-68(104)53(32-45-21-9-5-10-22-45)86-67(103)52(31-44-19-7-4-8-20-44)87-70(106)56(35-60(80)98)89-65(101)50(85-73(58)109)27-15-17-29-77;1-6-25(4,5)24(28)30-21-12-15(2)11-17-8-7-16(3)20(23(17)21)10-9-19-13-18(26)14-22(27)29-19/h4-14,19-26,36,41-43,50-59,62-63,81,95-97H,15-18,27-35,37-40,77-79H2,1-3H3,(H2,80,98)(H,82,100)(H,83,99)(H,84,105)(H,85,109)(H,86,103)(H,87,106)(H,88,104)(H,89,101)(H,90,110)(H,91,111)(H,92,108)(H,93,102)(H,94,107)(H,112,113);7-8,11,15-16,18-21,23,26H,6,9-10,12-14H2,1-5H3/t41-,42?,43?,50-,51-,52-,53-,54-,55-,56-,57-,58-,59-,62-,63-;15-,16-,18+,19+,20-,21-,23-/m00/s1. The number of rotatable bonds is 32. The summed E-state index contributed by atoms with van der Waals surface area (Å²) in [6.07, 6.45) is 6.14. The van der Waals surface area contributed by atoms with E-state index in [9.17, 15) is 92.7 Å². The first kappa shape index (κ1) is 118. The van der Waals surface area contributed by atoms with Gasteiger partial charge in [0.15, 0.2) is 0 Å². The maximum absolute atomic E-state index is 15.4. The average molecular weight is 2060 g/mol. The van der Waals surface area contributed by atoms with Crippen molar-refractivity contribution in [2.24, 2.45) is 52.0 Å². The molecule has 2 aliphatic carbocycles. The molecule has 2 unspecified atom stereocenters. The first-order valence-corrected chi connectivity index (χ1v) is 51.4. The summed E-state index contributed by atoms with van der Waals surface area (Å²) in [6.45, 7) is 12.2. The smallest absolute Gasteiger partial charge is 0.327 e. The Morgan fingerprint density at radius 2 is 1.01 bits per heavy atom. The summed E-state index contributed by atoms with van der Waals surface area (Å²) in [7, 11) is 1.49. The van der Waals surface area contributed by atoms with Crippen LogP contribution in [0.4, 0.5) is 0 Å². The zero-order valence-corrected chi connectivity index (χ0v) is 84.5. The van der Waals surface area contributed by atoms with Crippen molar-refractivity contribution >= 4 is 133 Å². The van der Waals surface area contributed by atoms with E-state index >= 15 is 14.4 Å². The van der Waals surface area contributed by atoms with Crippen LogP contribution in [0.25, 0.3) is 10.9 Å². The molecule has 42 nitrogen and oxygen atoms in total. The molecule has 792 valence electrons. The number of primary amides is 1. The zero-order valence-electron chi connectivity index (χ0n) is 82.9. The predicted molar refractivity (Wildman–Crippen MR) is 540 cm³/mol. The van der Waals surface area contributed by atoms with Gasteiger partial charge in [-0.15, -0.1) is 0 Å². The van der Waals surface area contributed by atoms with Crippen LogP contribution in [-0.2, 0) is 117 Å². The van der Waals surface area contributed by atoms with Crippen LogP contribution < -0.4 is 92.1 Å². The third-order valence-corrected chi connectivity index (χ3v) is 28.0. The maximum atomic E-state index is 15.4. The van der Waals surface area contributed by atoms with E-state index in [0.29, 0.717) is 63.8 Å². The summed E-state index contributed by atoms with van der Waals surface area (Å²) in [6, 6.07) is 9.57. The Labute approximate surface area is 850 Å². The number of carbonyl (C=O) groups is 17. The third-order valence-electron chi connectivity index (χ3n) is 25.6. The van der Waals surface area contributed by atoms with Gasteiger partial charge in [-0.3, -0.25) is 76.7 Å². The third kappa shape index (κ3) is 37.4. The van der Waals surface area contributed by atoms with Crippen LogP contribution in [-0.4, -0.2) is 278 Å². The van der Waals surface area contributed by atoms with E-state index in [1.807, 2.05) is 20.8 Å². The van der Waals surface area contributed by atoms with Crippen molar-refractivity contribution in [3.8, 4) is 0 Å². The number of aliphatic carboxylic acids is 1. The van der Waals surface area contributed by atoms with Gasteiger partial charge in [-0.25, -0.2) is 4.79 Å². The van der Waals surface area contributed by atoms with Gasteiger partial charge in [0.05, 0.1) is 55.8 Å². The van der Waals surface area contributed by atoms with Crippen LogP contribution in [0.2, 0.25) is 0 Å². The first-order valence-electron chi connectivity index (χ1n) is 48.9. The van der Waals surface area contributed by atoms with Gasteiger partial charge in [0.1, 0.15) is 84.7 Å². The lowest BCUT2D eigenvalue weighted by molar-refractivity contribution is -0.166. The number of carboxylic acid groups (broad SMARTS) is 1. The number of hydrogen-bond donors (Lipinski definition) is 23. The summed E-state index contributed by atoms with van der Waals surface area (Å²) in [4.78, 5) is 241. The minimum absolute atomic E-state index is 0.0949. The van der Waals surface area contributed by atoms with Crippen LogP contribution in [0, 0.1) is 29.1 Å². The maximum Gasteiger partial charge on any atom is 0.327 e. The van der Waals surface area contributed by atoms with Crippen molar-refractivity contribution in [3.63, 3.8) is 0 Å². The number of cyclic esters (lactones) is 1. The first-order chi connectivity index (χ1) is 69.0. The molecule has 27 N–H and O–H groups in total. The zero-order chi connectivity index (χ0) is 106. The van der Waals surface area contributed by atoms with Gasteiger partial charge < -0.3 is 132 Å². The summed E-state index contributed by atoms with van der Waals surface area (Å²) < 4.78 is 11.6. The van der Waals surface area contributed by atoms with E-state index in [1.165, 1.54) is 12.5 Å². The van der Waals surface area contributed by atoms with Crippen LogP contribution in [0.15, 0.2) is 145 Å². The molecule has 2 saturated heterocycles. The van der Waals surface area contributed by atoms with E-state index in [1.54, 1.807) is 121 Å². The predicted octanol–water partition coefficient (Wildman–Crippen LogP) is -0.328. The monoisotopic (exact) mass is 2050 g/mol. The molecule has 4 aliphatic rings. The second-order valence-corrected chi connectivity index (χ2v) is 40.4. The van der Waals surface area contributed by atoms with Crippen molar-refractivity contribution in [2.75, 3.05) is 37.7 Å². The van der Waals surface area contributed by atoms with Gasteiger partial charge in [-0.05, 0) is 164 Å². The number of carbonyl (C=O) groups excluding carboxylic acids is 16. The molecular formula is C101H142N18O24S2. The molecule has 22 atom stereocenters. The normalized spacial score (nSPS) is 26.4. The Hall–Kier alpha value is -12.7. The number of fused-ring (bicyclic) bond motifs is 2. The number of aromatic amines is 1. The Kier molecular flexibility index (Phi) is 47.4.